The Bertz CT molecular complexity index is 511. The molecule has 1 aromatic rings. The average Bonchev–Trinajstić information content (AvgIpc) is 2.54. The highest BCUT2D eigenvalue weighted by atomic mass is 35.5. The number of methoxy groups -OCH3 is 2. The van der Waals surface area contributed by atoms with Gasteiger partial charge in [-0.3, -0.25) is 4.90 Å². The maximum atomic E-state index is 12.2. The molecule has 0 bridgehead atoms. The number of hydrogen-bond acceptors (Lipinski definition) is 6. The molecule has 0 spiro atoms. The highest BCUT2D eigenvalue weighted by molar-refractivity contribution is 5.90. The molecule has 130 valence electrons. The fraction of sp³-hybridized carbons (Fsp3) is 0.562. The van der Waals surface area contributed by atoms with Crippen LogP contribution >= 0.6 is 0 Å². The highest BCUT2D eigenvalue weighted by Gasteiger charge is 2.18. The maximum absolute atomic E-state index is 12.2. The number of morpholine rings is 1. The van der Waals surface area contributed by atoms with E-state index in [-0.39, 0.29) is 25.9 Å². The second kappa shape index (κ2) is 9.60. The summed E-state index contributed by atoms with van der Waals surface area (Å²) in [4.78, 5) is 14.4. The summed E-state index contributed by atoms with van der Waals surface area (Å²) >= 11 is 0. The van der Waals surface area contributed by atoms with Gasteiger partial charge < -0.3 is 31.4 Å². The standard InChI is InChI=1S/C16H23NO5.ClH/c1-12(11-17-6-8-21-9-7-17)22-16(18)13-4-5-14(19-2)15(10-13)20-3;/h4-5,10,12H,6-9,11H2,1-3H3;1H. The van der Waals surface area contributed by atoms with Crippen LogP contribution in [-0.2, 0) is 9.47 Å². The van der Waals surface area contributed by atoms with Crippen molar-refractivity contribution in [3.63, 3.8) is 0 Å². The Labute approximate surface area is 144 Å². The first-order valence-electron chi connectivity index (χ1n) is 7.37. The monoisotopic (exact) mass is 345 g/mol. The zero-order chi connectivity index (χ0) is 15.9. The largest absolute Gasteiger partial charge is 1.00 e. The van der Waals surface area contributed by atoms with Crippen molar-refractivity contribution >= 4 is 5.97 Å². The Hall–Kier alpha value is -1.50. The fourth-order valence-corrected chi connectivity index (χ4v) is 2.40. The molecule has 1 saturated heterocycles. The fourth-order valence-electron chi connectivity index (χ4n) is 2.40. The second-order valence-electron chi connectivity index (χ2n) is 5.20. The summed E-state index contributed by atoms with van der Waals surface area (Å²) < 4.78 is 21.2. The van der Waals surface area contributed by atoms with Crippen molar-refractivity contribution in [3.05, 3.63) is 23.8 Å². The van der Waals surface area contributed by atoms with Crippen LogP contribution in [0.5, 0.6) is 11.5 Å². The smallest absolute Gasteiger partial charge is 1.00 e. The molecule has 2 rings (SSSR count). The van der Waals surface area contributed by atoms with Crippen molar-refractivity contribution in [3.8, 4) is 11.5 Å². The molecule has 1 atom stereocenters. The SMILES string of the molecule is COc1ccc(C(=O)OC(C)CN2CCOCC2)cc1OC.[Cl-].[H+]. The average molecular weight is 346 g/mol. The van der Waals surface area contributed by atoms with E-state index in [4.69, 9.17) is 18.9 Å². The van der Waals surface area contributed by atoms with Crippen LogP contribution in [-0.4, -0.2) is 64.0 Å². The van der Waals surface area contributed by atoms with Crippen LogP contribution in [0.25, 0.3) is 0 Å². The molecule has 1 aliphatic heterocycles. The van der Waals surface area contributed by atoms with Crippen LogP contribution in [0.2, 0.25) is 0 Å². The zero-order valence-electron chi connectivity index (χ0n) is 14.7. The van der Waals surface area contributed by atoms with E-state index in [9.17, 15) is 4.79 Å². The van der Waals surface area contributed by atoms with Gasteiger partial charge in [0, 0.05) is 19.6 Å². The lowest BCUT2D eigenvalue weighted by molar-refractivity contribution is -0.000652. The molecule has 1 unspecified atom stereocenters. The summed E-state index contributed by atoms with van der Waals surface area (Å²) in [6.45, 7) is 5.82. The van der Waals surface area contributed by atoms with Gasteiger partial charge in [0.2, 0.25) is 0 Å². The van der Waals surface area contributed by atoms with E-state index in [0.717, 1.165) is 26.3 Å². The van der Waals surface area contributed by atoms with E-state index in [0.29, 0.717) is 23.6 Å². The number of hydrogen-bond donors (Lipinski definition) is 0. The molecular formula is C16H24ClNO5. The molecule has 1 aliphatic rings. The highest BCUT2D eigenvalue weighted by Crippen LogP contribution is 2.27. The van der Waals surface area contributed by atoms with Gasteiger partial charge >= 0.3 is 7.40 Å². The molecule has 1 heterocycles. The number of carbonyl (C=O) groups excluding carboxylic acids is 1. The van der Waals surface area contributed by atoms with Crippen LogP contribution in [0.4, 0.5) is 0 Å². The van der Waals surface area contributed by atoms with E-state index in [1.165, 1.54) is 7.11 Å². The van der Waals surface area contributed by atoms with E-state index >= 15 is 0 Å². The van der Waals surface area contributed by atoms with Gasteiger partial charge in [-0.25, -0.2) is 4.79 Å². The zero-order valence-corrected chi connectivity index (χ0v) is 14.5. The first-order valence-corrected chi connectivity index (χ1v) is 7.37. The molecule has 0 N–H and O–H groups in total. The third-order valence-electron chi connectivity index (χ3n) is 3.55. The minimum atomic E-state index is -0.360. The lowest BCUT2D eigenvalue weighted by Gasteiger charge is -2.28. The molecular weight excluding hydrogens is 322 g/mol. The Morgan fingerprint density at radius 1 is 1.26 bits per heavy atom. The number of benzene rings is 1. The minimum Gasteiger partial charge on any atom is -1.00 e. The third kappa shape index (κ3) is 5.57. The van der Waals surface area contributed by atoms with Crippen molar-refractivity contribution in [1.29, 1.82) is 0 Å². The number of halogens is 1. The summed E-state index contributed by atoms with van der Waals surface area (Å²) in [7, 11) is 3.09. The van der Waals surface area contributed by atoms with Gasteiger partial charge in [0.1, 0.15) is 6.10 Å². The normalized spacial score (nSPS) is 16.1. The topological polar surface area (TPSA) is 57.2 Å². The van der Waals surface area contributed by atoms with Gasteiger partial charge in [-0.15, -0.1) is 0 Å². The summed E-state index contributed by atoms with van der Waals surface area (Å²) in [6.07, 6.45) is -0.182. The van der Waals surface area contributed by atoms with Gasteiger partial charge in [-0.1, -0.05) is 0 Å². The van der Waals surface area contributed by atoms with Gasteiger partial charge in [0.25, 0.3) is 0 Å². The van der Waals surface area contributed by atoms with Gasteiger partial charge in [-0.2, -0.15) is 0 Å². The summed E-state index contributed by atoms with van der Waals surface area (Å²) in [6, 6.07) is 5.00. The predicted molar refractivity (Wildman–Crippen MR) is 82.8 cm³/mol. The molecule has 0 amide bonds. The third-order valence-corrected chi connectivity index (χ3v) is 3.55. The quantitative estimate of drug-likeness (QED) is 0.597. The van der Waals surface area contributed by atoms with Crippen molar-refractivity contribution < 1.29 is 37.6 Å². The van der Waals surface area contributed by atoms with Crippen LogP contribution in [0.3, 0.4) is 0 Å². The minimum absolute atomic E-state index is 0. The lowest BCUT2D eigenvalue weighted by atomic mass is 10.2. The van der Waals surface area contributed by atoms with Gasteiger partial charge in [0.15, 0.2) is 11.5 Å². The maximum Gasteiger partial charge on any atom is 1.00 e. The first kappa shape index (κ1) is 19.5. The Balaban J connectivity index is 0.00000264. The van der Waals surface area contributed by atoms with E-state index in [1.807, 2.05) is 6.92 Å². The van der Waals surface area contributed by atoms with Crippen LogP contribution in [0, 0.1) is 0 Å². The van der Waals surface area contributed by atoms with Crippen molar-refractivity contribution in [1.82, 2.24) is 4.90 Å². The van der Waals surface area contributed by atoms with Crippen molar-refractivity contribution in [2.24, 2.45) is 0 Å². The van der Waals surface area contributed by atoms with Gasteiger partial charge in [-0.05, 0) is 25.1 Å². The molecule has 0 aliphatic carbocycles. The first-order chi connectivity index (χ1) is 10.6. The Morgan fingerprint density at radius 2 is 1.91 bits per heavy atom. The van der Waals surface area contributed by atoms with Crippen LogP contribution in [0.1, 0.15) is 18.7 Å². The van der Waals surface area contributed by atoms with E-state index in [2.05, 4.69) is 4.90 Å². The number of esters is 1. The van der Waals surface area contributed by atoms with Crippen LogP contribution in [0.15, 0.2) is 18.2 Å². The number of carbonyl (C=O) groups is 1. The van der Waals surface area contributed by atoms with Crippen LogP contribution < -0.4 is 21.9 Å². The summed E-state index contributed by atoms with van der Waals surface area (Å²) in [5.74, 6) is 0.736. The Morgan fingerprint density at radius 3 is 2.52 bits per heavy atom. The molecule has 1 fully saturated rings. The number of rotatable bonds is 6. The summed E-state index contributed by atoms with van der Waals surface area (Å²) in [5.41, 5.74) is 0.450. The molecule has 0 saturated carbocycles. The molecule has 0 radical (unpaired) electrons. The van der Waals surface area contributed by atoms with Crippen molar-refractivity contribution in [2.45, 2.75) is 13.0 Å². The van der Waals surface area contributed by atoms with E-state index < -0.39 is 0 Å². The van der Waals surface area contributed by atoms with Crippen molar-refractivity contribution in [2.75, 3.05) is 47.1 Å². The predicted octanol–water partition coefficient (Wildman–Crippen LogP) is -1.30. The molecule has 7 heteroatoms. The lowest BCUT2D eigenvalue weighted by Crippen LogP contribution is -3.00. The number of nitrogens with zero attached hydrogens (tertiary/aromatic N) is 1. The molecule has 23 heavy (non-hydrogen) atoms. The molecule has 0 aromatic heterocycles. The van der Waals surface area contributed by atoms with Gasteiger partial charge in [0.05, 0.1) is 33.0 Å². The molecule has 1 aromatic carbocycles. The molecule has 6 nitrogen and oxygen atoms in total. The van der Waals surface area contributed by atoms with E-state index in [1.54, 1.807) is 25.3 Å². The summed E-state index contributed by atoms with van der Waals surface area (Å²) in [5, 5.41) is 0. The number of ether oxygens (including phenoxy) is 4. The second-order valence-corrected chi connectivity index (χ2v) is 5.20. The Kier molecular flexibility index (Phi) is 8.16.